The molecule has 11 nitrogen and oxygen atoms in total. The molecular formula is C24H26F2N8O3S2. The van der Waals surface area contributed by atoms with Gasteiger partial charge in [-0.05, 0) is 38.7 Å². The van der Waals surface area contributed by atoms with Crippen LogP contribution in [-0.2, 0) is 14.8 Å². The highest BCUT2D eigenvalue weighted by Crippen LogP contribution is 2.47. The molecule has 1 atom stereocenters. The van der Waals surface area contributed by atoms with Crippen molar-refractivity contribution in [2.75, 3.05) is 24.5 Å². The van der Waals surface area contributed by atoms with Gasteiger partial charge in [-0.3, -0.25) is 9.20 Å². The number of sulfonamides is 1. The maximum Gasteiger partial charge on any atom is 0.291 e. The second kappa shape index (κ2) is 8.90. The first-order chi connectivity index (χ1) is 18.5. The third-order valence-electron chi connectivity index (χ3n) is 7.76. The molecule has 1 amide bonds. The molecule has 1 N–H and O–H groups in total. The van der Waals surface area contributed by atoms with Gasteiger partial charge in [-0.25, -0.2) is 22.2 Å². The van der Waals surface area contributed by atoms with Gasteiger partial charge in [0, 0.05) is 37.3 Å². The number of aromatic nitrogens is 4. The van der Waals surface area contributed by atoms with Crippen molar-refractivity contribution in [1.29, 1.82) is 5.26 Å². The SMILES string of the molecule is C[C@@H]1CN(c2cc(S(=O)(=O)NC3(C#N)CC3)cn3c(-c4nnc(C(F)F)s4)ncc23)CCN1C(=O)C1(C)CC1. The van der Waals surface area contributed by atoms with Gasteiger partial charge < -0.3 is 9.80 Å². The molecule has 2 aliphatic carbocycles. The largest absolute Gasteiger partial charge is 0.366 e. The molecular weight excluding hydrogens is 550 g/mol. The maximum absolute atomic E-state index is 13.4. The highest BCUT2D eigenvalue weighted by molar-refractivity contribution is 7.89. The molecule has 6 rings (SSSR count). The van der Waals surface area contributed by atoms with Crippen LogP contribution in [0.3, 0.4) is 0 Å². The lowest BCUT2D eigenvalue weighted by Gasteiger charge is -2.42. The summed E-state index contributed by atoms with van der Waals surface area (Å²) in [5.74, 6) is 0.321. The molecule has 3 aromatic rings. The summed E-state index contributed by atoms with van der Waals surface area (Å²) >= 11 is 0.683. The lowest BCUT2D eigenvalue weighted by Crippen LogP contribution is -2.55. The number of rotatable bonds is 7. The molecule has 0 radical (unpaired) electrons. The third kappa shape index (κ3) is 4.53. The number of nitrogens with one attached hydrogen (secondary N) is 1. The lowest BCUT2D eigenvalue weighted by molar-refractivity contribution is -0.138. The first-order valence-electron chi connectivity index (χ1n) is 12.6. The van der Waals surface area contributed by atoms with Gasteiger partial charge in [0.25, 0.3) is 6.43 Å². The molecule has 0 unspecified atom stereocenters. The number of pyridine rings is 1. The summed E-state index contributed by atoms with van der Waals surface area (Å²) < 4.78 is 57.3. The highest BCUT2D eigenvalue weighted by atomic mass is 32.2. The van der Waals surface area contributed by atoms with Gasteiger partial charge in [0.05, 0.1) is 23.5 Å². The Bertz CT molecular complexity index is 1620. The topological polar surface area (TPSA) is 137 Å². The summed E-state index contributed by atoms with van der Waals surface area (Å²) in [6.45, 7) is 5.35. The second-order valence-corrected chi connectivity index (χ2v) is 13.5. The van der Waals surface area contributed by atoms with E-state index in [0.717, 1.165) is 12.8 Å². The number of halogens is 2. The zero-order chi connectivity index (χ0) is 27.7. The maximum atomic E-state index is 13.4. The number of fused-ring (bicyclic) bond motifs is 1. The molecule has 3 aromatic heterocycles. The molecule has 3 fully saturated rings. The van der Waals surface area contributed by atoms with Gasteiger partial charge in [-0.2, -0.15) is 9.98 Å². The minimum absolute atomic E-state index is 0.0963. The van der Waals surface area contributed by atoms with Crippen molar-refractivity contribution in [3.8, 4) is 16.9 Å². The van der Waals surface area contributed by atoms with Crippen molar-refractivity contribution in [2.45, 2.75) is 62.4 Å². The Balaban J connectivity index is 1.41. The van der Waals surface area contributed by atoms with Crippen LogP contribution in [0.4, 0.5) is 14.5 Å². The number of nitrogens with zero attached hydrogens (tertiary/aromatic N) is 7. The number of nitriles is 1. The predicted octanol–water partition coefficient (Wildman–Crippen LogP) is 2.96. The van der Waals surface area contributed by atoms with Crippen LogP contribution in [0.1, 0.15) is 51.0 Å². The van der Waals surface area contributed by atoms with Gasteiger partial charge in [-0.15, -0.1) is 10.2 Å². The molecule has 4 heterocycles. The van der Waals surface area contributed by atoms with E-state index in [-0.39, 0.29) is 33.1 Å². The highest BCUT2D eigenvalue weighted by Gasteiger charge is 2.49. The van der Waals surface area contributed by atoms with Crippen LogP contribution in [0.2, 0.25) is 0 Å². The van der Waals surface area contributed by atoms with Crippen molar-refractivity contribution in [2.24, 2.45) is 5.41 Å². The number of imidazole rings is 1. The number of anilines is 1. The van der Waals surface area contributed by atoms with Crippen molar-refractivity contribution in [3.05, 3.63) is 23.5 Å². The number of hydrogen-bond acceptors (Lipinski definition) is 9. The van der Waals surface area contributed by atoms with Crippen LogP contribution >= 0.6 is 11.3 Å². The first-order valence-corrected chi connectivity index (χ1v) is 14.9. The Kier molecular flexibility index (Phi) is 5.94. The number of alkyl halides is 2. The van der Waals surface area contributed by atoms with Gasteiger partial charge in [-0.1, -0.05) is 18.3 Å². The van der Waals surface area contributed by atoms with Crippen molar-refractivity contribution >= 4 is 38.5 Å². The summed E-state index contributed by atoms with van der Waals surface area (Å²) in [7, 11) is -4.12. The molecule has 0 bridgehead atoms. The monoisotopic (exact) mass is 576 g/mol. The minimum atomic E-state index is -4.12. The third-order valence-corrected chi connectivity index (χ3v) is 10.2. The Hall–Kier alpha value is -3.22. The Labute approximate surface area is 227 Å². The fourth-order valence-electron chi connectivity index (χ4n) is 4.93. The number of carbonyl (C=O) groups excluding carboxylic acids is 1. The van der Waals surface area contributed by atoms with Crippen molar-refractivity contribution < 1.29 is 22.0 Å². The molecule has 1 saturated heterocycles. The average molecular weight is 577 g/mol. The standard InChI is InChI=1S/C24H26F2N8O3S2/c1-14-11-32(7-8-33(14)22(35)23(2)3-4-23)16-9-15(39(36,37)31-24(13-27)5-6-24)12-34-17(16)10-28-19(34)21-30-29-20(38-21)18(25)26/h9-10,12,14,18,31H,3-8,11H2,1-2H3/t14-/m1/s1. The van der Waals surface area contributed by atoms with E-state index in [1.807, 2.05) is 29.7 Å². The van der Waals surface area contributed by atoms with Crippen LogP contribution < -0.4 is 9.62 Å². The predicted molar refractivity (Wildman–Crippen MR) is 138 cm³/mol. The number of hydrogen-bond donors (Lipinski definition) is 1. The minimum Gasteiger partial charge on any atom is -0.366 e. The molecule has 3 aliphatic rings. The zero-order valence-corrected chi connectivity index (χ0v) is 22.9. The summed E-state index contributed by atoms with van der Waals surface area (Å²) in [6, 6.07) is 3.45. The van der Waals surface area contributed by atoms with Crippen LogP contribution in [0.15, 0.2) is 23.4 Å². The first kappa shape index (κ1) is 26.0. The fourth-order valence-corrected chi connectivity index (χ4v) is 7.02. The molecule has 0 aromatic carbocycles. The molecule has 2 saturated carbocycles. The Morgan fingerprint density at radius 1 is 1.26 bits per heavy atom. The fraction of sp³-hybridized carbons (Fsp3) is 0.542. The molecule has 0 spiro atoms. The lowest BCUT2D eigenvalue weighted by atomic mass is 10.0. The Morgan fingerprint density at radius 2 is 2.00 bits per heavy atom. The van der Waals surface area contributed by atoms with E-state index in [4.69, 9.17) is 0 Å². The van der Waals surface area contributed by atoms with E-state index in [2.05, 4.69) is 19.9 Å². The van der Waals surface area contributed by atoms with Crippen LogP contribution in [-0.4, -0.2) is 70.0 Å². The van der Waals surface area contributed by atoms with Gasteiger partial charge in [0.1, 0.15) is 10.4 Å². The van der Waals surface area contributed by atoms with Crippen molar-refractivity contribution in [1.82, 2.24) is 29.2 Å². The van der Waals surface area contributed by atoms with E-state index >= 15 is 0 Å². The summed E-state index contributed by atoms with van der Waals surface area (Å²) in [5, 5.41) is 16.5. The number of piperazine rings is 1. The molecule has 206 valence electrons. The van der Waals surface area contributed by atoms with E-state index in [1.165, 1.54) is 16.7 Å². The second-order valence-electron chi connectivity index (χ2n) is 10.8. The summed E-state index contributed by atoms with van der Waals surface area (Å²) in [6.07, 6.45) is 2.71. The number of amides is 1. The molecule has 1 aliphatic heterocycles. The summed E-state index contributed by atoms with van der Waals surface area (Å²) in [5.41, 5.74) is -0.299. The molecule has 39 heavy (non-hydrogen) atoms. The van der Waals surface area contributed by atoms with E-state index in [0.29, 0.717) is 55.0 Å². The Morgan fingerprint density at radius 3 is 2.59 bits per heavy atom. The van der Waals surface area contributed by atoms with Crippen molar-refractivity contribution in [3.63, 3.8) is 0 Å². The van der Waals surface area contributed by atoms with Crippen LogP contribution in [0.25, 0.3) is 16.3 Å². The van der Waals surface area contributed by atoms with Crippen LogP contribution in [0.5, 0.6) is 0 Å². The number of carbonyl (C=O) groups is 1. The van der Waals surface area contributed by atoms with E-state index < -0.39 is 27.0 Å². The zero-order valence-electron chi connectivity index (χ0n) is 21.3. The van der Waals surface area contributed by atoms with E-state index in [9.17, 15) is 27.3 Å². The smallest absolute Gasteiger partial charge is 0.291 e. The molecule has 15 heteroatoms. The quantitative estimate of drug-likeness (QED) is 0.453. The van der Waals surface area contributed by atoms with Gasteiger partial charge in [0.2, 0.25) is 15.9 Å². The van der Waals surface area contributed by atoms with Gasteiger partial charge >= 0.3 is 0 Å². The van der Waals surface area contributed by atoms with Gasteiger partial charge in [0.15, 0.2) is 15.8 Å². The van der Waals surface area contributed by atoms with E-state index in [1.54, 1.807) is 6.20 Å². The van der Waals surface area contributed by atoms with Crippen LogP contribution in [0, 0.1) is 16.7 Å². The summed E-state index contributed by atoms with van der Waals surface area (Å²) in [4.78, 5) is 21.2. The average Bonchev–Trinajstić information content (AvgIpc) is 3.71. The normalized spacial score (nSPS) is 21.8.